The third-order valence-electron chi connectivity index (χ3n) is 7.73. The lowest BCUT2D eigenvalue weighted by Crippen LogP contribution is -2.45. The van der Waals surface area contributed by atoms with E-state index in [1.165, 1.54) is 0 Å². The van der Waals surface area contributed by atoms with Crippen LogP contribution in [-0.4, -0.2) is 34.9 Å². The molecule has 9 nitrogen and oxygen atoms in total. The summed E-state index contributed by atoms with van der Waals surface area (Å²) < 4.78 is 18.9. The summed E-state index contributed by atoms with van der Waals surface area (Å²) in [6.45, 7) is 13.7. The van der Waals surface area contributed by atoms with Crippen LogP contribution in [0.4, 0.5) is 4.79 Å². The molecule has 1 aromatic heterocycles. The van der Waals surface area contributed by atoms with Crippen LogP contribution in [-0.2, 0) is 11.3 Å². The number of H-pyrrole nitrogens is 1. The van der Waals surface area contributed by atoms with Crippen molar-refractivity contribution in [3.63, 3.8) is 0 Å². The first kappa shape index (κ1) is 30.0. The summed E-state index contributed by atoms with van der Waals surface area (Å²) >= 11 is 3.58. The van der Waals surface area contributed by atoms with Crippen molar-refractivity contribution in [1.29, 1.82) is 0 Å². The van der Waals surface area contributed by atoms with Crippen molar-refractivity contribution >= 4 is 27.9 Å². The number of aromatic amines is 1. The van der Waals surface area contributed by atoms with Crippen LogP contribution in [0.3, 0.4) is 0 Å². The molecule has 4 rings (SSSR count). The van der Waals surface area contributed by atoms with Crippen molar-refractivity contribution in [3.05, 3.63) is 54.9 Å². The normalized spacial score (nSPS) is 22.1. The smallest absolute Gasteiger partial charge is 0.407 e. The summed E-state index contributed by atoms with van der Waals surface area (Å²) in [5.41, 5.74) is 2.56. The number of hydrogen-bond donors (Lipinski definition) is 3. The summed E-state index contributed by atoms with van der Waals surface area (Å²) in [7, 11) is 0. The quantitative estimate of drug-likeness (QED) is 0.376. The van der Waals surface area contributed by atoms with E-state index in [0.29, 0.717) is 45.1 Å². The zero-order chi connectivity index (χ0) is 29.4. The first-order chi connectivity index (χ1) is 18.7. The van der Waals surface area contributed by atoms with Crippen LogP contribution in [0.25, 0.3) is 0 Å². The molecule has 0 saturated heterocycles. The van der Waals surface area contributed by atoms with Gasteiger partial charge in [-0.3, -0.25) is 9.59 Å². The highest BCUT2D eigenvalue weighted by Crippen LogP contribution is 2.52. The fourth-order valence-electron chi connectivity index (χ4n) is 5.55. The van der Waals surface area contributed by atoms with Crippen LogP contribution in [0.2, 0.25) is 0 Å². The monoisotopic (exact) mass is 617 g/mol. The molecule has 1 aliphatic heterocycles. The molecule has 1 atom stereocenters. The summed E-state index contributed by atoms with van der Waals surface area (Å²) in [5, 5.41) is 5.77. The summed E-state index contributed by atoms with van der Waals surface area (Å²) in [4.78, 5) is 40.4. The average molecular weight is 619 g/mol. The Balaban J connectivity index is 1.39. The van der Waals surface area contributed by atoms with Crippen molar-refractivity contribution in [2.75, 3.05) is 6.54 Å². The molecule has 2 heterocycles. The predicted molar refractivity (Wildman–Crippen MR) is 156 cm³/mol. The number of nitrogens with one attached hydrogen (secondary N) is 3. The minimum absolute atomic E-state index is 0.121. The largest absolute Gasteiger partial charge is 0.448 e. The molecule has 40 heavy (non-hydrogen) atoms. The molecule has 0 radical (unpaired) electrons. The molecular weight excluding hydrogens is 578 g/mol. The first-order valence-electron chi connectivity index (χ1n) is 13.8. The number of alkyl carbamates (subject to hydrolysis) is 1. The number of benzene rings is 1. The van der Waals surface area contributed by atoms with E-state index in [1.807, 2.05) is 54.5 Å². The van der Waals surface area contributed by atoms with Crippen molar-refractivity contribution in [2.45, 2.75) is 92.1 Å². The molecule has 3 N–H and O–H groups in total. The predicted octanol–water partition coefficient (Wildman–Crippen LogP) is 5.81. The van der Waals surface area contributed by atoms with E-state index in [-0.39, 0.29) is 30.0 Å². The van der Waals surface area contributed by atoms with Crippen LogP contribution < -0.4 is 25.7 Å². The Morgan fingerprint density at radius 3 is 2.35 bits per heavy atom. The van der Waals surface area contributed by atoms with E-state index in [0.717, 1.165) is 36.9 Å². The number of amides is 2. The summed E-state index contributed by atoms with van der Waals surface area (Å²) in [6, 6.07) is 3.63. The van der Waals surface area contributed by atoms with Gasteiger partial charge in [0.1, 0.15) is 5.60 Å². The number of pyridine rings is 1. The Labute approximate surface area is 243 Å². The SMILES string of the molecule is Cc1cc(C)c(CNC(=O)c2cc(Br)c3c(c2C)OC(C)(C2CCC(CNC(=O)OC(C)(C)C)CC2)O3)c(=O)[nH]1. The van der Waals surface area contributed by atoms with E-state index in [4.69, 9.17) is 14.2 Å². The molecule has 2 amide bonds. The fraction of sp³-hybridized carbons (Fsp3) is 0.567. The van der Waals surface area contributed by atoms with Crippen molar-refractivity contribution < 1.29 is 23.8 Å². The van der Waals surface area contributed by atoms with Crippen LogP contribution in [0, 0.1) is 32.6 Å². The fourth-order valence-corrected chi connectivity index (χ4v) is 6.04. The van der Waals surface area contributed by atoms with Gasteiger partial charge in [0.25, 0.3) is 17.3 Å². The second-order valence-corrected chi connectivity index (χ2v) is 13.0. The Morgan fingerprint density at radius 2 is 1.73 bits per heavy atom. The van der Waals surface area contributed by atoms with E-state index < -0.39 is 11.4 Å². The summed E-state index contributed by atoms with van der Waals surface area (Å²) in [6.07, 6.45) is 3.26. The van der Waals surface area contributed by atoms with Gasteiger partial charge in [0, 0.05) is 48.3 Å². The van der Waals surface area contributed by atoms with E-state index in [2.05, 4.69) is 31.5 Å². The van der Waals surface area contributed by atoms with Crippen LogP contribution >= 0.6 is 15.9 Å². The van der Waals surface area contributed by atoms with E-state index >= 15 is 0 Å². The first-order valence-corrected chi connectivity index (χ1v) is 14.6. The van der Waals surface area contributed by atoms with E-state index in [9.17, 15) is 14.4 Å². The lowest BCUT2D eigenvalue weighted by Gasteiger charge is -2.37. The zero-order valence-corrected chi connectivity index (χ0v) is 26.0. The minimum Gasteiger partial charge on any atom is -0.448 e. The standard InChI is InChI=1S/C30H40BrN3O6/c1-16-12-17(2)34-27(36)22(16)15-32-26(35)21-13-23(31)25-24(18(21)3)38-30(7,39-25)20-10-8-19(9-11-20)14-33-28(37)40-29(4,5)6/h12-13,19-20H,8-11,14-15H2,1-7H3,(H,32,35)(H,33,37)(H,34,36). The third kappa shape index (κ3) is 6.65. The number of carbonyl (C=O) groups is 2. The molecule has 218 valence electrons. The van der Waals surface area contributed by atoms with Crippen LogP contribution in [0.1, 0.15) is 86.1 Å². The lowest BCUT2D eigenvalue weighted by molar-refractivity contribution is -0.123. The second kappa shape index (κ2) is 11.5. The molecule has 2 aliphatic rings. The maximum Gasteiger partial charge on any atom is 0.407 e. The number of halogens is 1. The van der Waals surface area contributed by atoms with Gasteiger partial charge in [0.05, 0.1) is 4.47 Å². The van der Waals surface area contributed by atoms with Crippen molar-refractivity contribution in [2.24, 2.45) is 11.8 Å². The van der Waals surface area contributed by atoms with Gasteiger partial charge in [-0.05, 0) is 107 Å². The Bertz CT molecular complexity index is 1360. The zero-order valence-electron chi connectivity index (χ0n) is 24.4. The number of rotatable bonds is 6. The number of carbonyl (C=O) groups excluding carboxylic acids is 2. The Hall–Kier alpha value is -3.01. The van der Waals surface area contributed by atoms with Crippen molar-refractivity contribution in [3.8, 4) is 11.5 Å². The van der Waals surface area contributed by atoms with Gasteiger partial charge in [-0.2, -0.15) is 0 Å². The maximum atomic E-state index is 13.2. The Morgan fingerprint density at radius 1 is 1.07 bits per heavy atom. The highest BCUT2D eigenvalue weighted by molar-refractivity contribution is 9.10. The molecule has 0 bridgehead atoms. The van der Waals surface area contributed by atoms with Crippen molar-refractivity contribution in [1.82, 2.24) is 15.6 Å². The minimum atomic E-state index is -0.861. The molecule has 1 aliphatic carbocycles. The molecule has 1 aromatic carbocycles. The van der Waals surface area contributed by atoms with Crippen LogP contribution in [0.5, 0.6) is 11.5 Å². The number of ether oxygens (including phenoxy) is 3. The second-order valence-electron chi connectivity index (χ2n) is 12.1. The van der Waals surface area contributed by atoms with Gasteiger partial charge in [0.2, 0.25) is 0 Å². The number of fused-ring (bicyclic) bond motifs is 1. The van der Waals surface area contributed by atoms with Gasteiger partial charge in [-0.25, -0.2) is 4.79 Å². The average Bonchev–Trinajstić information content (AvgIpc) is 3.23. The highest BCUT2D eigenvalue weighted by Gasteiger charge is 2.47. The van der Waals surface area contributed by atoms with Gasteiger partial charge in [-0.1, -0.05) is 0 Å². The highest BCUT2D eigenvalue weighted by atomic mass is 79.9. The molecule has 2 aromatic rings. The molecular formula is C30H40BrN3O6. The number of aromatic nitrogens is 1. The van der Waals surface area contributed by atoms with E-state index in [1.54, 1.807) is 6.07 Å². The van der Waals surface area contributed by atoms with Gasteiger partial charge in [-0.15, -0.1) is 0 Å². The van der Waals surface area contributed by atoms with Gasteiger partial charge < -0.3 is 29.8 Å². The van der Waals surface area contributed by atoms with Gasteiger partial charge >= 0.3 is 6.09 Å². The summed E-state index contributed by atoms with van der Waals surface area (Å²) in [5.74, 6) is 0.509. The molecule has 10 heteroatoms. The molecule has 1 unspecified atom stereocenters. The molecule has 0 spiro atoms. The number of hydrogen-bond acceptors (Lipinski definition) is 6. The molecule has 1 fully saturated rings. The Kier molecular flexibility index (Phi) is 8.59. The van der Waals surface area contributed by atoms with Crippen LogP contribution in [0.15, 0.2) is 21.4 Å². The maximum absolute atomic E-state index is 13.2. The lowest BCUT2D eigenvalue weighted by atomic mass is 9.78. The molecule has 1 saturated carbocycles. The van der Waals surface area contributed by atoms with Gasteiger partial charge in [0.15, 0.2) is 11.5 Å². The topological polar surface area (TPSA) is 119 Å². The third-order valence-corrected chi connectivity index (χ3v) is 8.32. The number of aryl methyl sites for hydroxylation is 2.